The quantitative estimate of drug-likeness (QED) is 0.527. The number of piperidine rings is 1. The maximum Gasteiger partial charge on any atom is 0.222 e. The third-order valence-electron chi connectivity index (χ3n) is 4.20. The second kappa shape index (κ2) is 8.10. The first-order valence-corrected chi connectivity index (χ1v) is 9.38. The molecule has 1 fully saturated rings. The zero-order chi connectivity index (χ0) is 15.9. The molecule has 0 aliphatic carbocycles. The highest BCUT2D eigenvalue weighted by molar-refractivity contribution is 7.85. The van der Waals surface area contributed by atoms with Gasteiger partial charge in [0.1, 0.15) is 0 Å². The second-order valence-corrected chi connectivity index (χ2v) is 7.88. The van der Waals surface area contributed by atoms with Gasteiger partial charge in [-0.15, -0.1) is 0 Å². The number of amides is 1. The Bertz CT molecular complexity index is 428. The molecule has 1 amide bonds. The van der Waals surface area contributed by atoms with E-state index < -0.39 is 10.1 Å². The Kier molecular flexibility index (Phi) is 7.09. The summed E-state index contributed by atoms with van der Waals surface area (Å²) in [5.74, 6) is -0.261. The first-order chi connectivity index (χ1) is 9.74. The molecule has 7 heteroatoms. The van der Waals surface area contributed by atoms with Crippen LogP contribution < -0.4 is 5.32 Å². The molecule has 0 radical (unpaired) electrons. The number of likely N-dealkylation sites (tertiary alicyclic amines) is 1. The number of carbonyl (C=O) groups excluding carboxylic acids is 1. The monoisotopic (exact) mass is 320 g/mol. The van der Waals surface area contributed by atoms with E-state index in [0.29, 0.717) is 19.5 Å². The summed E-state index contributed by atoms with van der Waals surface area (Å²) >= 11 is 0. The van der Waals surface area contributed by atoms with Crippen molar-refractivity contribution in [1.82, 2.24) is 5.32 Å². The summed E-state index contributed by atoms with van der Waals surface area (Å²) in [6.45, 7) is 7.88. The van der Waals surface area contributed by atoms with Crippen LogP contribution in [0.15, 0.2) is 0 Å². The van der Waals surface area contributed by atoms with Crippen LogP contribution in [0.5, 0.6) is 0 Å². The summed E-state index contributed by atoms with van der Waals surface area (Å²) < 4.78 is 33.0. The van der Waals surface area contributed by atoms with Crippen LogP contribution in [-0.4, -0.2) is 61.8 Å². The van der Waals surface area contributed by atoms with E-state index in [0.717, 1.165) is 37.0 Å². The summed E-state index contributed by atoms with van der Waals surface area (Å²) in [6, 6.07) is 0. The average molecular weight is 320 g/mol. The second-order valence-electron chi connectivity index (χ2n) is 6.36. The number of carbonyl (C=O) groups is 1. The molecule has 1 aliphatic rings. The number of hydrogen-bond donors (Lipinski definition) is 1. The summed E-state index contributed by atoms with van der Waals surface area (Å²) in [6.07, 6.45) is 3.87. The smallest absolute Gasteiger partial charge is 0.222 e. The Morgan fingerprint density at radius 1 is 1.19 bits per heavy atom. The van der Waals surface area contributed by atoms with Crippen molar-refractivity contribution in [2.45, 2.75) is 39.5 Å². The number of hydrogen-bond acceptors (Lipinski definition) is 4. The van der Waals surface area contributed by atoms with Crippen molar-refractivity contribution in [3.63, 3.8) is 0 Å². The number of nitrogens with one attached hydrogen (secondary N) is 1. The van der Waals surface area contributed by atoms with E-state index in [-0.39, 0.29) is 17.6 Å². The largest absolute Gasteiger partial charge is 0.748 e. The highest BCUT2D eigenvalue weighted by atomic mass is 32.2. The molecule has 0 unspecified atom stereocenters. The minimum Gasteiger partial charge on any atom is -0.748 e. The maximum atomic E-state index is 11.6. The molecule has 6 nitrogen and oxygen atoms in total. The number of nitrogens with zero attached hydrogens (tertiary/aromatic N) is 1. The number of quaternary nitrogens is 1. The van der Waals surface area contributed by atoms with Gasteiger partial charge in [-0.2, -0.15) is 0 Å². The molecule has 0 spiro atoms. The minimum atomic E-state index is -4.13. The van der Waals surface area contributed by atoms with Crippen molar-refractivity contribution in [3.05, 3.63) is 0 Å². The summed E-state index contributed by atoms with van der Waals surface area (Å²) in [5, 5.41) is 2.93. The normalized spacial score (nSPS) is 18.7. The van der Waals surface area contributed by atoms with Gasteiger partial charge >= 0.3 is 0 Å². The van der Waals surface area contributed by atoms with Gasteiger partial charge in [-0.25, -0.2) is 8.42 Å². The minimum absolute atomic E-state index is 0.0228. The van der Waals surface area contributed by atoms with Crippen LogP contribution in [0.1, 0.15) is 39.5 Å². The summed E-state index contributed by atoms with van der Waals surface area (Å²) in [5.41, 5.74) is 0. The van der Waals surface area contributed by atoms with Crippen LogP contribution in [0.4, 0.5) is 0 Å². The van der Waals surface area contributed by atoms with Crippen LogP contribution in [0, 0.1) is 5.92 Å². The summed E-state index contributed by atoms with van der Waals surface area (Å²) in [7, 11) is -4.13. The van der Waals surface area contributed by atoms with Gasteiger partial charge < -0.3 is 14.4 Å². The lowest BCUT2D eigenvalue weighted by Gasteiger charge is -2.42. The molecule has 0 aromatic rings. The highest BCUT2D eigenvalue weighted by Gasteiger charge is 2.29. The van der Waals surface area contributed by atoms with Gasteiger partial charge in [-0.1, -0.05) is 13.8 Å². The molecule has 0 aromatic carbocycles. The third kappa shape index (κ3) is 7.24. The van der Waals surface area contributed by atoms with Crippen LogP contribution in [0.3, 0.4) is 0 Å². The molecule has 124 valence electrons. The Morgan fingerprint density at radius 2 is 1.81 bits per heavy atom. The summed E-state index contributed by atoms with van der Waals surface area (Å²) in [4.78, 5) is 11.6. The Morgan fingerprint density at radius 3 is 2.33 bits per heavy atom. The zero-order valence-electron chi connectivity index (χ0n) is 13.1. The van der Waals surface area contributed by atoms with Crippen molar-refractivity contribution in [2.24, 2.45) is 5.92 Å². The van der Waals surface area contributed by atoms with E-state index in [2.05, 4.69) is 5.32 Å². The van der Waals surface area contributed by atoms with Crippen LogP contribution >= 0.6 is 0 Å². The molecule has 1 heterocycles. The van der Waals surface area contributed by atoms with E-state index in [1.54, 1.807) is 0 Å². The van der Waals surface area contributed by atoms with Gasteiger partial charge in [-0.05, 0) is 19.3 Å². The fraction of sp³-hybridized carbons (Fsp3) is 0.929. The molecule has 1 rings (SSSR count). The molecular weight excluding hydrogens is 292 g/mol. The van der Waals surface area contributed by atoms with E-state index in [4.69, 9.17) is 0 Å². The van der Waals surface area contributed by atoms with Crippen molar-refractivity contribution >= 4 is 16.0 Å². The molecular formula is C14H28N2O4S. The fourth-order valence-electron chi connectivity index (χ4n) is 2.94. The SMILES string of the molecule is CC(C)C(=O)NCC[N+]1(CCCS(=O)(=O)[O-])CCCCC1. The Hall–Kier alpha value is -0.660. The first kappa shape index (κ1) is 18.4. The molecule has 1 saturated heterocycles. The predicted octanol–water partition coefficient (Wildman–Crippen LogP) is 0.695. The van der Waals surface area contributed by atoms with Gasteiger partial charge in [0.25, 0.3) is 0 Å². The molecule has 0 bridgehead atoms. The predicted molar refractivity (Wildman–Crippen MR) is 80.6 cm³/mol. The van der Waals surface area contributed by atoms with Crippen molar-refractivity contribution in [3.8, 4) is 0 Å². The molecule has 0 saturated carbocycles. The Labute approximate surface area is 128 Å². The lowest BCUT2D eigenvalue weighted by Crippen LogP contribution is -2.55. The van der Waals surface area contributed by atoms with Crippen LogP contribution in [0.2, 0.25) is 0 Å². The highest BCUT2D eigenvalue weighted by Crippen LogP contribution is 2.19. The van der Waals surface area contributed by atoms with E-state index in [1.807, 2.05) is 13.8 Å². The van der Waals surface area contributed by atoms with Gasteiger partial charge in [0.2, 0.25) is 5.91 Å². The topological polar surface area (TPSA) is 86.3 Å². The first-order valence-electron chi connectivity index (χ1n) is 7.80. The van der Waals surface area contributed by atoms with Crippen LogP contribution in [0.25, 0.3) is 0 Å². The maximum absolute atomic E-state index is 11.6. The number of rotatable bonds is 8. The van der Waals surface area contributed by atoms with E-state index in [9.17, 15) is 17.8 Å². The van der Waals surface area contributed by atoms with E-state index in [1.165, 1.54) is 6.42 Å². The average Bonchev–Trinajstić information content (AvgIpc) is 2.38. The van der Waals surface area contributed by atoms with Crippen molar-refractivity contribution in [2.75, 3.05) is 38.5 Å². The van der Waals surface area contributed by atoms with Crippen molar-refractivity contribution < 1.29 is 22.2 Å². The van der Waals surface area contributed by atoms with Gasteiger partial charge in [0.15, 0.2) is 0 Å². The standard InChI is InChI=1S/C14H28N2O4S/c1-13(2)14(17)15-7-11-16(8-4-3-5-9-16)10-6-12-21(18,19)20/h13H,3-12H2,1-2H3,(H-,15,17,18,19,20). The van der Waals surface area contributed by atoms with Crippen molar-refractivity contribution in [1.29, 1.82) is 0 Å². The van der Waals surface area contributed by atoms with Crippen LogP contribution in [-0.2, 0) is 14.9 Å². The fourth-order valence-corrected chi connectivity index (χ4v) is 3.42. The molecule has 1 N–H and O–H groups in total. The Balaban J connectivity index is 2.47. The molecule has 0 aromatic heterocycles. The van der Waals surface area contributed by atoms with Gasteiger partial charge in [-0.3, -0.25) is 4.79 Å². The van der Waals surface area contributed by atoms with Gasteiger partial charge in [0.05, 0.1) is 42.8 Å². The van der Waals surface area contributed by atoms with Gasteiger partial charge in [0, 0.05) is 18.1 Å². The molecule has 21 heavy (non-hydrogen) atoms. The third-order valence-corrected chi connectivity index (χ3v) is 4.99. The molecule has 1 aliphatic heterocycles. The lowest BCUT2D eigenvalue weighted by molar-refractivity contribution is -0.931. The zero-order valence-corrected chi connectivity index (χ0v) is 14.0. The lowest BCUT2D eigenvalue weighted by atomic mass is 10.1. The molecule has 0 atom stereocenters. The van der Waals surface area contributed by atoms with E-state index >= 15 is 0 Å².